The Morgan fingerprint density at radius 1 is 1.30 bits per heavy atom. The Morgan fingerprint density at radius 3 is 2.65 bits per heavy atom. The Balaban J connectivity index is 1.58. The van der Waals surface area contributed by atoms with Gasteiger partial charge < -0.3 is 5.32 Å². The molecule has 2 aliphatic rings. The molecule has 0 radical (unpaired) electrons. The Bertz CT molecular complexity index is 688. The molecule has 0 spiro atoms. The van der Waals surface area contributed by atoms with Gasteiger partial charge in [0.2, 0.25) is 10.0 Å². The van der Waals surface area contributed by atoms with Crippen LogP contribution in [-0.2, 0) is 22.9 Å². The van der Waals surface area contributed by atoms with Crippen molar-refractivity contribution < 1.29 is 13.2 Å². The summed E-state index contributed by atoms with van der Waals surface area (Å²) in [5.41, 5.74) is 1.34. The minimum Gasteiger partial charge on any atom is -0.349 e. The maximum absolute atomic E-state index is 12.5. The Morgan fingerprint density at radius 2 is 2.00 bits per heavy atom. The van der Waals surface area contributed by atoms with Crippen molar-refractivity contribution in [1.82, 2.24) is 9.62 Å². The Labute approximate surface area is 142 Å². The zero-order valence-electron chi connectivity index (χ0n) is 13.7. The normalized spacial score (nSPS) is 23.5. The van der Waals surface area contributed by atoms with Crippen molar-refractivity contribution in [2.24, 2.45) is 5.92 Å². The Hall–Kier alpha value is -0.920. The molecule has 1 atom stereocenters. The molecule has 5 nitrogen and oxygen atoms in total. The van der Waals surface area contributed by atoms with Crippen LogP contribution in [0, 0.1) is 5.92 Å². The number of thiophene rings is 1. The van der Waals surface area contributed by atoms with E-state index < -0.39 is 10.0 Å². The van der Waals surface area contributed by atoms with Gasteiger partial charge in [0.1, 0.15) is 0 Å². The SMILES string of the molecule is CC1CCc2sc(C(=O)NC3CCN(S(C)(=O)=O)CC3)cc2C1. The highest BCUT2D eigenvalue weighted by atomic mass is 32.2. The van der Waals surface area contributed by atoms with Gasteiger partial charge in [-0.15, -0.1) is 11.3 Å². The fourth-order valence-corrected chi connectivity index (χ4v) is 5.39. The van der Waals surface area contributed by atoms with Gasteiger partial charge in [-0.3, -0.25) is 4.79 Å². The highest BCUT2D eigenvalue weighted by Crippen LogP contribution is 2.32. The second-order valence-corrected chi connectivity index (χ2v) is 9.94. The molecule has 1 aliphatic carbocycles. The molecule has 128 valence electrons. The van der Waals surface area contributed by atoms with Gasteiger partial charge in [0.25, 0.3) is 5.91 Å². The quantitative estimate of drug-likeness (QED) is 0.901. The summed E-state index contributed by atoms with van der Waals surface area (Å²) in [5.74, 6) is 0.697. The molecule has 1 fully saturated rings. The van der Waals surface area contributed by atoms with Gasteiger partial charge in [0.05, 0.1) is 11.1 Å². The fraction of sp³-hybridized carbons (Fsp3) is 0.688. The average Bonchev–Trinajstić information content (AvgIpc) is 2.90. The van der Waals surface area contributed by atoms with Crippen LogP contribution in [0.3, 0.4) is 0 Å². The first-order valence-corrected chi connectivity index (χ1v) is 10.9. The van der Waals surface area contributed by atoms with E-state index in [9.17, 15) is 13.2 Å². The topological polar surface area (TPSA) is 66.5 Å². The second-order valence-electron chi connectivity index (χ2n) is 6.82. The van der Waals surface area contributed by atoms with E-state index in [1.54, 1.807) is 11.3 Å². The van der Waals surface area contributed by atoms with Gasteiger partial charge in [-0.1, -0.05) is 6.92 Å². The molecule has 3 rings (SSSR count). The lowest BCUT2D eigenvalue weighted by Gasteiger charge is -2.30. The summed E-state index contributed by atoms with van der Waals surface area (Å²) in [6.07, 6.45) is 5.97. The summed E-state index contributed by atoms with van der Waals surface area (Å²) < 4.78 is 24.5. The molecule has 1 aliphatic heterocycles. The number of nitrogens with zero attached hydrogens (tertiary/aromatic N) is 1. The maximum Gasteiger partial charge on any atom is 0.261 e. The van der Waals surface area contributed by atoms with E-state index in [2.05, 4.69) is 18.3 Å². The zero-order chi connectivity index (χ0) is 16.6. The van der Waals surface area contributed by atoms with Gasteiger partial charge >= 0.3 is 0 Å². The number of piperidine rings is 1. The summed E-state index contributed by atoms with van der Waals surface area (Å²) in [6, 6.07) is 2.12. The number of amides is 1. The number of carbonyl (C=O) groups excluding carboxylic acids is 1. The minimum atomic E-state index is -3.11. The molecule has 2 heterocycles. The van der Waals surface area contributed by atoms with Crippen molar-refractivity contribution >= 4 is 27.3 Å². The van der Waals surface area contributed by atoms with Crippen LogP contribution in [-0.4, -0.2) is 44.0 Å². The van der Waals surface area contributed by atoms with Crippen LogP contribution in [0.1, 0.15) is 46.3 Å². The lowest BCUT2D eigenvalue weighted by atomic mass is 9.90. The number of sulfonamides is 1. The lowest BCUT2D eigenvalue weighted by Crippen LogP contribution is -2.46. The first-order chi connectivity index (χ1) is 10.8. The maximum atomic E-state index is 12.5. The first-order valence-electron chi connectivity index (χ1n) is 8.20. The van der Waals surface area contributed by atoms with E-state index in [1.807, 2.05) is 0 Å². The predicted molar refractivity (Wildman–Crippen MR) is 92.4 cm³/mol. The van der Waals surface area contributed by atoms with Crippen molar-refractivity contribution in [3.8, 4) is 0 Å². The number of hydrogen-bond donors (Lipinski definition) is 1. The van der Waals surface area contributed by atoms with E-state index in [1.165, 1.54) is 27.4 Å². The van der Waals surface area contributed by atoms with Crippen molar-refractivity contribution in [3.63, 3.8) is 0 Å². The first kappa shape index (κ1) is 16.9. The van der Waals surface area contributed by atoms with Crippen LogP contribution < -0.4 is 5.32 Å². The highest BCUT2D eigenvalue weighted by Gasteiger charge is 2.27. The van der Waals surface area contributed by atoms with E-state index in [4.69, 9.17) is 0 Å². The van der Waals surface area contributed by atoms with Gasteiger partial charge in [0, 0.05) is 24.0 Å². The summed E-state index contributed by atoms with van der Waals surface area (Å²) in [5, 5.41) is 3.08. The second kappa shape index (κ2) is 6.53. The van der Waals surface area contributed by atoms with Gasteiger partial charge in [-0.2, -0.15) is 0 Å². The standard InChI is InChI=1S/C16H24N2O3S2/c1-11-3-4-14-12(9-11)10-15(22-14)16(19)17-13-5-7-18(8-6-13)23(2,20)21/h10-11,13H,3-9H2,1-2H3,(H,17,19). The number of hydrogen-bond acceptors (Lipinski definition) is 4. The van der Waals surface area contributed by atoms with E-state index >= 15 is 0 Å². The fourth-order valence-electron chi connectivity index (χ4n) is 3.41. The molecular formula is C16H24N2O3S2. The van der Waals surface area contributed by atoms with Crippen LogP contribution in [0.15, 0.2) is 6.07 Å². The number of carbonyl (C=O) groups is 1. The van der Waals surface area contributed by atoms with E-state index in [0.29, 0.717) is 31.8 Å². The molecule has 0 saturated carbocycles. The number of nitrogens with one attached hydrogen (secondary N) is 1. The van der Waals surface area contributed by atoms with Gasteiger partial charge in [-0.25, -0.2) is 12.7 Å². The third-order valence-electron chi connectivity index (χ3n) is 4.81. The summed E-state index contributed by atoms with van der Waals surface area (Å²) in [4.78, 5) is 14.6. The predicted octanol–water partition coefficient (Wildman–Crippen LogP) is 2.03. The molecule has 0 bridgehead atoms. The molecule has 1 unspecified atom stereocenters. The number of rotatable bonds is 3. The van der Waals surface area contributed by atoms with Crippen LogP contribution >= 0.6 is 11.3 Å². The van der Waals surface area contributed by atoms with Crippen LogP contribution in [0.5, 0.6) is 0 Å². The third kappa shape index (κ3) is 3.95. The molecule has 1 saturated heterocycles. The van der Waals surface area contributed by atoms with E-state index in [0.717, 1.165) is 17.7 Å². The minimum absolute atomic E-state index is 0.00476. The number of aryl methyl sites for hydroxylation is 1. The summed E-state index contributed by atoms with van der Waals surface area (Å²) in [7, 11) is -3.11. The largest absolute Gasteiger partial charge is 0.349 e. The van der Waals surface area contributed by atoms with Crippen LogP contribution in [0.2, 0.25) is 0 Å². The average molecular weight is 357 g/mol. The molecular weight excluding hydrogens is 332 g/mol. The van der Waals surface area contributed by atoms with Gasteiger partial charge in [-0.05, 0) is 49.7 Å². The van der Waals surface area contributed by atoms with Crippen molar-refractivity contribution in [1.29, 1.82) is 0 Å². The monoisotopic (exact) mass is 356 g/mol. The Kier molecular flexibility index (Phi) is 4.80. The molecule has 0 aromatic carbocycles. The van der Waals surface area contributed by atoms with E-state index in [-0.39, 0.29) is 11.9 Å². The smallest absolute Gasteiger partial charge is 0.261 e. The summed E-state index contributed by atoms with van der Waals surface area (Å²) >= 11 is 1.62. The lowest BCUT2D eigenvalue weighted by molar-refractivity contribution is 0.0928. The van der Waals surface area contributed by atoms with Crippen molar-refractivity contribution in [2.45, 2.75) is 45.1 Å². The molecule has 1 aromatic rings. The van der Waals surface area contributed by atoms with Crippen molar-refractivity contribution in [2.75, 3.05) is 19.3 Å². The number of fused-ring (bicyclic) bond motifs is 1. The molecule has 1 amide bonds. The molecule has 23 heavy (non-hydrogen) atoms. The molecule has 1 N–H and O–H groups in total. The van der Waals surface area contributed by atoms with Gasteiger partial charge in [0.15, 0.2) is 0 Å². The van der Waals surface area contributed by atoms with Crippen LogP contribution in [0.4, 0.5) is 0 Å². The van der Waals surface area contributed by atoms with Crippen molar-refractivity contribution in [3.05, 3.63) is 21.4 Å². The highest BCUT2D eigenvalue weighted by molar-refractivity contribution is 7.88. The summed E-state index contributed by atoms with van der Waals surface area (Å²) in [6.45, 7) is 3.24. The van der Waals surface area contributed by atoms with Crippen LogP contribution in [0.25, 0.3) is 0 Å². The molecule has 7 heteroatoms. The zero-order valence-corrected chi connectivity index (χ0v) is 15.3. The third-order valence-corrected chi connectivity index (χ3v) is 7.35. The molecule has 1 aromatic heterocycles.